The Balaban J connectivity index is 1.35. The van der Waals surface area contributed by atoms with E-state index in [1.807, 2.05) is 16.8 Å². The lowest BCUT2D eigenvalue weighted by Crippen LogP contribution is -2.39. The van der Waals surface area contributed by atoms with Crippen LogP contribution in [0.25, 0.3) is 10.9 Å². The molecule has 0 radical (unpaired) electrons. The molecule has 1 aliphatic carbocycles. The van der Waals surface area contributed by atoms with Crippen LogP contribution in [0.1, 0.15) is 56.6 Å². The Morgan fingerprint density at radius 2 is 1.92 bits per heavy atom. The monoisotopic (exact) mass is 522 g/mol. The van der Waals surface area contributed by atoms with Crippen LogP contribution in [0, 0.1) is 17.2 Å². The van der Waals surface area contributed by atoms with Crippen LogP contribution in [0.5, 0.6) is 0 Å². The maximum atomic E-state index is 13.2. The molecular formula is C26H30N6O4S. The van der Waals surface area contributed by atoms with Crippen molar-refractivity contribution < 1.29 is 13.2 Å². The molecule has 2 fully saturated rings. The zero-order chi connectivity index (χ0) is 25.6. The van der Waals surface area contributed by atoms with E-state index < -0.39 is 10.0 Å². The molecule has 1 saturated carbocycles. The Morgan fingerprint density at radius 1 is 1.11 bits per heavy atom. The topological polar surface area (TPSA) is 133 Å². The average Bonchev–Trinajstić information content (AvgIpc) is 3.27. The van der Waals surface area contributed by atoms with E-state index in [4.69, 9.17) is 9.84 Å². The highest BCUT2D eigenvalue weighted by atomic mass is 32.2. The number of H-pyrrole nitrogens is 1. The van der Waals surface area contributed by atoms with Crippen LogP contribution in [-0.4, -0.2) is 46.7 Å². The SMILES string of the molecule is N#CC1CCCCC[C@@H]1n1nc(Nc2ccc3c(c2)CN(C2CCOCC2)S3(=O)=O)c2c(=O)[nH]ccc21. The van der Waals surface area contributed by atoms with Crippen LogP contribution in [0.15, 0.2) is 40.2 Å². The predicted octanol–water partition coefficient (Wildman–Crippen LogP) is 3.80. The number of nitrogens with one attached hydrogen (secondary N) is 2. The van der Waals surface area contributed by atoms with E-state index in [0.717, 1.165) is 37.7 Å². The summed E-state index contributed by atoms with van der Waals surface area (Å²) in [6.07, 6.45) is 7.75. The number of nitriles is 1. The first-order chi connectivity index (χ1) is 18.0. The first-order valence-electron chi connectivity index (χ1n) is 13.0. The molecule has 0 bridgehead atoms. The van der Waals surface area contributed by atoms with E-state index in [9.17, 15) is 18.5 Å². The van der Waals surface area contributed by atoms with Crippen molar-refractivity contribution in [3.05, 3.63) is 46.4 Å². The van der Waals surface area contributed by atoms with Crippen molar-refractivity contribution in [1.82, 2.24) is 19.1 Å². The summed E-state index contributed by atoms with van der Waals surface area (Å²) >= 11 is 0. The summed E-state index contributed by atoms with van der Waals surface area (Å²) in [6.45, 7) is 1.45. The molecule has 1 saturated heterocycles. The molecule has 0 amide bonds. The van der Waals surface area contributed by atoms with E-state index >= 15 is 0 Å². The minimum atomic E-state index is -3.56. The molecule has 194 valence electrons. The molecular weight excluding hydrogens is 492 g/mol. The molecule has 11 heteroatoms. The third-order valence-electron chi connectivity index (χ3n) is 7.92. The normalized spacial score (nSPS) is 24.4. The predicted molar refractivity (Wildman–Crippen MR) is 138 cm³/mol. The van der Waals surface area contributed by atoms with Gasteiger partial charge in [0.1, 0.15) is 5.39 Å². The number of aromatic nitrogens is 3. The molecule has 0 spiro atoms. The number of sulfonamides is 1. The molecule has 6 rings (SSSR count). The second-order valence-electron chi connectivity index (χ2n) is 10.1. The van der Waals surface area contributed by atoms with Crippen LogP contribution in [-0.2, 0) is 21.3 Å². The summed E-state index contributed by atoms with van der Waals surface area (Å²) in [7, 11) is -3.56. The molecule has 37 heavy (non-hydrogen) atoms. The summed E-state index contributed by atoms with van der Waals surface area (Å²) in [5, 5.41) is 18.4. The molecule has 4 heterocycles. The van der Waals surface area contributed by atoms with Crippen LogP contribution in [0.4, 0.5) is 11.5 Å². The molecule has 3 aromatic rings. The summed E-state index contributed by atoms with van der Waals surface area (Å²) in [4.78, 5) is 16.0. The fourth-order valence-electron chi connectivity index (χ4n) is 6.02. The van der Waals surface area contributed by atoms with Gasteiger partial charge in [0, 0.05) is 37.7 Å². The smallest absolute Gasteiger partial charge is 0.261 e. The van der Waals surface area contributed by atoms with Gasteiger partial charge in [0.05, 0.1) is 28.4 Å². The van der Waals surface area contributed by atoms with Gasteiger partial charge in [-0.1, -0.05) is 19.3 Å². The molecule has 2 atom stereocenters. The fourth-order valence-corrected chi connectivity index (χ4v) is 7.88. The number of hydrogen-bond acceptors (Lipinski definition) is 7. The molecule has 3 aliphatic rings. The van der Waals surface area contributed by atoms with Crippen molar-refractivity contribution >= 4 is 32.4 Å². The van der Waals surface area contributed by atoms with Crippen molar-refractivity contribution in [2.75, 3.05) is 18.5 Å². The first-order valence-corrected chi connectivity index (χ1v) is 14.4. The average molecular weight is 523 g/mol. The summed E-state index contributed by atoms with van der Waals surface area (Å²) in [6, 6.07) is 9.30. The minimum Gasteiger partial charge on any atom is -0.381 e. The van der Waals surface area contributed by atoms with Crippen molar-refractivity contribution in [3.63, 3.8) is 0 Å². The van der Waals surface area contributed by atoms with Gasteiger partial charge >= 0.3 is 0 Å². The Kier molecular flexibility index (Phi) is 6.26. The number of anilines is 2. The lowest BCUT2D eigenvalue weighted by molar-refractivity contribution is 0.0581. The van der Waals surface area contributed by atoms with Crippen molar-refractivity contribution in [3.8, 4) is 6.07 Å². The molecule has 1 unspecified atom stereocenters. The molecule has 2 aliphatic heterocycles. The van der Waals surface area contributed by atoms with Gasteiger partial charge in [-0.3, -0.25) is 9.48 Å². The van der Waals surface area contributed by atoms with Crippen LogP contribution < -0.4 is 10.9 Å². The molecule has 1 aromatic carbocycles. The molecule has 2 aromatic heterocycles. The van der Waals surface area contributed by atoms with E-state index in [-0.39, 0.29) is 23.6 Å². The second kappa shape index (κ2) is 9.59. The van der Waals surface area contributed by atoms with Crippen LogP contribution in [0.3, 0.4) is 0 Å². The Hall–Kier alpha value is -3.20. The summed E-state index contributed by atoms with van der Waals surface area (Å²) in [5.74, 6) is 0.235. The van der Waals surface area contributed by atoms with Gasteiger partial charge in [-0.25, -0.2) is 8.42 Å². The zero-order valence-electron chi connectivity index (χ0n) is 20.5. The lowest BCUT2D eigenvalue weighted by Gasteiger charge is -2.29. The quantitative estimate of drug-likeness (QED) is 0.498. The number of nitrogens with zero attached hydrogens (tertiary/aromatic N) is 4. The standard InChI is InChI=1S/C26H30N6O4S/c27-15-17-4-2-1-3-5-21(17)32-22-8-11-28-26(33)24(22)25(30-32)29-19-6-7-23-18(14-19)16-31(37(23,34)35)20-9-12-36-13-10-20/h6-8,11,14,17,20-21H,1-5,9-10,12-13,16H2,(H,28,33)(H,29,30)/t17?,21-/m0/s1. The maximum Gasteiger partial charge on any atom is 0.261 e. The Labute approximate surface area is 215 Å². The third-order valence-corrected chi connectivity index (χ3v) is 9.92. The van der Waals surface area contributed by atoms with Gasteiger partial charge in [0.25, 0.3) is 5.56 Å². The van der Waals surface area contributed by atoms with E-state index in [1.54, 1.807) is 22.6 Å². The minimum absolute atomic E-state index is 0.0617. The maximum absolute atomic E-state index is 13.2. The van der Waals surface area contributed by atoms with Gasteiger partial charge in [0.2, 0.25) is 10.0 Å². The number of ether oxygens (including phenoxy) is 1. The highest BCUT2D eigenvalue weighted by Crippen LogP contribution is 2.38. The molecule has 10 nitrogen and oxygen atoms in total. The van der Waals surface area contributed by atoms with Gasteiger partial charge in [-0.15, -0.1) is 0 Å². The first kappa shape index (κ1) is 24.2. The highest BCUT2D eigenvalue weighted by molar-refractivity contribution is 7.89. The van der Waals surface area contributed by atoms with Gasteiger partial charge in [-0.2, -0.15) is 14.7 Å². The zero-order valence-corrected chi connectivity index (χ0v) is 21.3. The lowest BCUT2D eigenvalue weighted by atomic mass is 9.96. The number of hydrogen-bond donors (Lipinski definition) is 2. The van der Waals surface area contributed by atoms with E-state index in [1.165, 1.54) is 0 Å². The van der Waals surface area contributed by atoms with Crippen molar-refractivity contribution in [1.29, 1.82) is 5.26 Å². The van der Waals surface area contributed by atoms with Gasteiger partial charge in [-0.05, 0) is 55.5 Å². The Morgan fingerprint density at radius 3 is 2.73 bits per heavy atom. The number of fused-ring (bicyclic) bond motifs is 2. The summed E-state index contributed by atoms with van der Waals surface area (Å²) < 4.78 is 35.3. The van der Waals surface area contributed by atoms with Crippen LogP contribution >= 0.6 is 0 Å². The van der Waals surface area contributed by atoms with Crippen molar-refractivity contribution in [2.24, 2.45) is 5.92 Å². The number of benzene rings is 1. The molecule has 2 N–H and O–H groups in total. The summed E-state index contributed by atoms with van der Waals surface area (Å²) in [5.41, 5.74) is 1.81. The van der Waals surface area contributed by atoms with Crippen LogP contribution in [0.2, 0.25) is 0 Å². The second-order valence-corrected chi connectivity index (χ2v) is 12.0. The van der Waals surface area contributed by atoms with Gasteiger partial charge < -0.3 is 15.0 Å². The highest BCUT2D eigenvalue weighted by Gasteiger charge is 2.39. The fraction of sp³-hybridized carbons (Fsp3) is 0.500. The number of pyridine rings is 1. The van der Waals surface area contributed by atoms with E-state index in [2.05, 4.69) is 16.4 Å². The number of aromatic amines is 1. The van der Waals surface area contributed by atoms with E-state index in [0.29, 0.717) is 59.9 Å². The van der Waals surface area contributed by atoms with Crippen molar-refractivity contribution in [2.45, 2.75) is 68.5 Å². The number of rotatable bonds is 4. The Bertz CT molecular complexity index is 1530. The van der Waals surface area contributed by atoms with Gasteiger partial charge in [0.15, 0.2) is 5.82 Å². The largest absolute Gasteiger partial charge is 0.381 e. The third kappa shape index (κ3) is 4.23.